The molecule has 1 aromatic carbocycles. The van der Waals surface area contributed by atoms with E-state index in [-0.39, 0.29) is 22.8 Å². The van der Waals surface area contributed by atoms with Gasteiger partial charge in [-0.1, -0.05) is 12.1 Å². The molecule has 0 spiro atoms. The summed E-state index contributed by atoms with van der Waals surface area (Å²) >= 11 is 0. The number of nitrogens with one attached hydrogen (secondary N) is 1. The van der Waals surface area contributed by atoms with Crippen LogP contribution in [0.3, 0.4) is 0 Å². The van der Waals surface area contributed by atoms with E-state index < -0.39 is 10.7 Å². The van der Waals surface area contributed by atoms with Crippen LogP contribution in [0.15, 0.2) is 30.6 Å². The van der Waals surface area contributed by atoms with Crippen LogP contribution in [-0.4, -0.2) is 21.9 Å². The molecule has 0 aliphatic carbocycles. The number of nitrogens with zero attached hydrogens (tertiary/aromatic N) is 3. The van der Waals surface area contributed by atoms with Crippen molar-refractivity contribution >= 4 is 11.5 Å². The topological polar surface area (TPSA) is 81.0 Å². The third-order valence-corrected chi connectivity index (χ3v) is 2.37. The first-order valence-electron chi connectivity index (χ1n) is 5.07. The Labute approximate surface area is 102 Å². The van der Waals surface area contributed by atoms with Crippen LogP contribution in [0.4, 0.5) is 15.9 Å². The average molecular weight is 248 g/mol. The summed E-state index contributed by atoms with van der Waals surface area (Å²) < 4.78 is 13.7. The summed E-state index contributed by atoms with van der Waals surface area (Å²) in [5, 5.41) is 13.6. The van der Waals surface area contributed by atoms with Crippen molar-refractivity contribution in [1.82, 2.24) is 9.97 Å². The SMILES string of the molecule is CNc1ncnc(-c2ccccc2F)c1[N+](=O)[O-]. The molecule has 0 aliphatic heterocycles. The van der Waals surface area contributed by atoms with E-state index in [0.717, 1.165) is 6.33 Å². The maximum atomic E-state index is 13.7. The number of nitro groups is 1. The molecule has 2 rings (SSSR count). The van der Waals surface area contributed by atoms with Crippen LogP contribution < -0.4 is 5.32 Å². The summed E-state index contributed by atoms with van der Waals surface area (Å²) in [6.07, 6.45) is 1.15. The lowest BCUT2D eigenvalue weighted by molar-refractivity contribution is -0.383. The number of aromatic nitrogens is 2. The van der Waals surface area contributed by atoms with Crippen LogP contribution >= 0.6 is 0 Å². The van der Waals surface area contributed by atoms with Crippen LogP contribution in [-0.2, 0) is 0 Å². The zero-order valence-corrected chi connectivity index (χ0v) is 9.42. The number of anilines is 1. The standard InChI is InChI=1S/C11H9FN4O2/c1-13-11-10(16(17)18)9(14-6-15-11)7-4-2-3-5-8(7)12/h2-6H,1H3,(H,13,14,15). The lowest BCUT2D eigenvalue weighted by Crippen LogP contribution is -2.03. The third-order valence-electron chi connectivity index (χ3n) is 2.37. The summed E-state index contributed by atoms with van der Waals surface area (Å²) in [5.41, 5.74) is -0.314. The maximum absolute atomic E-state index is 13.7. The van der Waals surface area contributed by atoms with E-state index in [4.69, 9.17) is 0 Å². The second-order valence-electron chi connectivity index (χ2n) is 3.41. The molecule has 1 heterocycles. The molecule has 18 heavy (non-hydrogen) atoms. The van der Waals surface area contributed by atoms with E-state index in [1.807, 2.05) is 0 Å². The molecule has 0 fully saturated rings. The summed E-state index contributed by atoms with van der Waals surface area (Å²) in [5.74, 6) is -0.519. The predicted molar refractivity (Wildman–Crippen MR) is 63.6 cm³/mol. The maximum Gasteiger partial charge on any atom is 0.337 e. The molecule has 0 unspecified atom stereocenters. The molecule has 0 aliphatic rings. The number of rotatable bonds is 3. The summed E-state index contributed by atoms with van der Waals surface area (Å²) in [7, 11) is 1.50. The van der Waals surface area contributed by atoms with Crippen molar-refractivity contribution in [2.45, 2.75) is 0 Å². The zero-order valence-electron chi connectivity index (χ0n) is 9.42. The molecule has 0 radical (unpaired) electrons. The summed E-state index contributed by atoms with van der Waals surface area (Å²) in [4.78, 5) is 18.0. The number of halogens is 1. The molecule has 1 aromatic heterocycles. The van der Waals surface area contributed by atoms with Gasteiger partial charge in [-0.25, -0.2) is 14.4 Å². The van der Waals surface area contributed by atoms with Gasteiger partial charge >= 0.3 is 5.69 Å². The summed E-state index contributed by atoms with van der Waals surface area (Å²) in [6.45, 7) is 0. The van der Waals surface area contributed by atoms with Gasteiger partial charge in [0, 0.05) is 12.6 Å². The predicted octanol–water partition coefficient (Wildman–Crippen LogP) is 2.23. The second kappa shape index (κ2) is 4.74. The highest BCUT2D eigenvalue weighted by atomic mass is 19.1. The van der Waals surface area contributed by atoms with Crippen LogP contribution in [0.5, 0.6) is 0 Å². The Balaban J connectivity index is 2.72. The highest BCUT2D eigenvalue weighted by Crippen LogP contribution is 2.33. The Morgan fingerprint density at radius 1 is 1.33 bits per heavy atom. The molecule has 1 N–H and O–H groups in total. The monoisotopic (exact) mass is 248 g/mol. The van der Waals surface area contributed by atoms with Crippen molar-refractivity contribution in [1.29, 1.82) is 0 Å². The van der Waals surface area contributed by atoms with Crippen LogP contribution in [0, 0.1) is 15.9 Å². The fourth-order valence-corrected chi connectivity index (χ4v) is 1.59. The quantitative estimate of drug-likeness (QED) is 0.665. The number of hydrogen-bond donors (Lipinski definition) is 1. The van der Waals surface area contributed by atoms with E-state index in [0.29, 0.717) is 0 Å². The van der Waals surface area contributed by atoms with Gasteiger partial charge in [-0.05, 0) is 12.1 Å². The van der Waals surface area contributed by atoms with Crippen molar-refractivity contribution in [3.8, 4) is 11.3 Å². The minimum absolute atomic E-state index is 0.0440. The molecule has 0 bridgehead atoms. The molecule has 0 saturated carbocycles. The Morgan fingerprint density at radius 2 is 2.06 bits per heavy atom. The molecule has 6 nitrogen and oxygen atoms in total. The Morgan fingerprint density at radius 3 is 2.67 bits per heavy atom. The molecule has 92 valence electrons. The Hall–Kier alpha value is -2.57. The van der Waals surface area contributed by atoms with Crippen molar-refractivity contribution in [3.63, 3.8) is 0 Å². The minimum atomic E-state index is -0.631. The van der Waals surface area contributed by atoms with Gasteiger partial charge in [0.2, 0.25) is 5.82 Å². The fourth-order valence-electron chi connectivity index (χ4n) is 1.59. The number of hydrogen-bond acceptors (Lipinski definition) is 5. The molecule has 7 heteroatoms. The first kappa shape index (κ1) is 11.9. The van der Waals surface area contributed by atoms with E-state index in [9.17, 15) is 14.5 Å². The normalized spacial score (nSPS) is 10.1. The molecule has 0 amide bonds. The van der Waals surface area contributed by atoms with Crippen molar-refractivity contribution in [2.75, 3.05) is 12.4 Å². The van der Waals surface area contributed by atoms with Gasteiger partial charge in [0.15, 0.2) is 5.69 Å². The number of benzene rings is 1. The van der Waals surface area contributed by atoms with Crippen molar-refractivity contribution < 1.29 is 9.31 Å². The lowest BCUT2D eigenvalue weighted by Gasteiger charge is -2.06. The van der Waals surface area contributed by atoms with Crippen molar-refractivity contribution in [2.24, 2.45) is 0 Å². The summed E-state index contributed by atoms with van der Waals surface area (Å²) in [6, 6.07) is 5.75. The third kappa shape index (κ3) is 1.97. The van der Waals surface area contributed by atoms with Crippen molar-refractivity contribution in [3.05, 3.63) is 46.5 Å². The zero-order chi connectivity index (χ0) is 13.1. The largest absolute Gasteiger partial charge is 0.367 e. The van der Waals surface area contributed by atoms with Gasteiger partial charge < -0.3 is 5.32 Å². The molecule has 0 saturated heterocycles. The van der Waals surface area contributed by atoms with Gasteiger partial charge in [-0.2, -0.15) is 0 Å². The second-order valence-corrected chi connectivity index (χ2v) is 3.41. The van der Waals surface area contributed by atoms with E-state index in [1.165, 1.54) is 25.2 Å². The first-order valence-corrected chi connectivity index (χ1v) is 5.07. The lowest BCUT2D eigenvalue weighted by atomic mass is 10.1. The Kier molecular flexibility index (Phi) is 3.13. The van der Waals surface area contributed by atoms with Gasteiger partial charge in [-0.3, -0.25) is 10.1 Å². The van der Waals surface area contributed by atoms with Gasteiger partial charge in [0.05, 0.1) is 4.92 Å². The van der Waals surface area contributed by atoms with Crippen LogP contribution in [0.25, 0.3) is 11.3 Å². The van der Waals surface area contributed by atoms with Gasteiger partial charge in [-0.15, -0.1) is 0 Å². The highest BCUT2D eigenvalue weighted by molar-refractivity contribution is 5.76. The van der Waals surface area contributed by atoms with E-state index in [2.05, 4.69) is 15.3 Å². The molecule has 2 aromatic rings. The van der Waals surface area contributed by atoms with Gasteiger partial charge in [0.1, 0.15) is 12.1 Å². The van der Waals surface area contributed by atoms with E-state index >= 15 is 0 Å². The first-order chi connectivity index (χ1) is 8.65. The molecular formula is C11H9FN4O2. The fraction of sp³-hybridized carbons (Fsp3) is 0.0909. The molecular weight excluding hydrogens is 239 g/mol. The van der Waals surface area contributed by atoms with Crippen LogP contribution in [0.1, 0.15) is 0 Å². The molecule has 0 atom stereocenters. The van der Waals surface area contributed by atoms with Crippen LogP contribution in [0.2, 0.25) is 0 Å². The Bertz CT molecular complexity index is 603. The highest BCUT2D eigenvalue weighted by Gasteiger charge is 2.24. The minimum Gasteiger partial charge on any atom is -0.367 e. The van der Waals surface area contributed by atoms with Gasteiger partial charge in [0.25, 0.3) is 0 Å². The smallest absolute Gasteiger partial charge is 0.337 e. The van der Waals surface area contributed by atoms with E-state index in [1.54, 1.807) is 6.07 Å². The average Bonchev–Trinajstić information content (AvgIpc) is 2.38.